The highest BCUT2D eigenvalue weighted by Crippen LogP contribution is 2.30. The molecule has 0 unspecified atom stereocenters. The first kappa shape index (κ1) is 12.8. The van der Waals surface area contributed by atoms with E-state index in [0.29, 0.717) is 22.5 Å². The summed E-state index contributed by atoms with van der Waals surface area (Å²) in [6, 6.07) is 3.45. The van der Waals surface area contributed by atoms with E-state index in [1.54, 1.807) is 32.2 Å². The maximum atomic E-state index is 11.0. The molecule has 0 aromatic heterocycles. The van der Waals surface area contributed by atoms with Crippen LogP contribution in [0.2, 0.25) is 0 Å². The molecule has 1 heterocycles. The molecule has 0 atom stereocenters. The topological polar surface area (TPSA) is 67.5 Å². The number of nitrogens with one attached hydrogen (secondary N) is 1. The summed E-state index contributed by atoms with van der Waals surface area (Å²) in [5, 5.41) is 14.0. The number of nitrogens with zero attached hydrogens (tertiary/aromatic N) is 2. The zero-order valence-electron chi connectivity index (χ0n) is 10.7. The Kier molecular flexibility index (Phi) is 3.59. The molecule has 5 heteroatoms. The number of benzene rings is 1. The van der Waals surface area contributed by atoms with Gasteiger partial charge in [0.15, 0.2) is 0 Å². The van der Waals surface area contributed by atoms with E-state index in [4.69, 9.17) is 0 Å². The highest BCUT2D eigenvalue weighted by Gasteiger charge is 2.16. The van der Waals surface area contributed by atoms with Gasteiger partial charge in [-0.3, -0.25) is 10.1 Å². The number of aliphatic imine (C=N–C) groups is 1. The lowest BCUT2D eigenvalue weighted by molar-refractivity contribution is -0.386. The van der Waals surface area contributed by atoms with E-state index in [1.807, 2.05) is 18.2 Å². The van der Waals surface area contributed by atoms with E-state index in [-0.39, 0.29) is 10.6 Å². The molecule has 0 saturated heterocycles. The number of allylic oxidation sites excluding steroid dienone is 3. The predicted molar refractivity (Wildman–Crippen MR) is 74.6 cm³/mol. The smallest absolute Gasteiger partial charge is 0.277 e. The van der Waals surface area contributed by atoms with Crippen molar-refractivity contribution in [3.63, 3.8) is 0 Å². The molecular weight excluding hydrogens is 242 g/mol. The normalized spacial score (nSPS) is 12.8. The molecule has 5 nitrogen and oxygen atoms in total. The molecule has 0 bridgehead atoms. The van der Waals surface area contributed by atoms with Crippen LogP contribution in [0.25, 0.3) is 0 Å². The van der Waals surface area contributed by atoms with Crippen molar-refractivity contribution in [2.75, 3.05) is 0 Å². The number of rotatable bonds is 2. The Morgan fingerprint density at radius 2 is 2.11 bits per heavy atom. The lowest BCUT2D eigenvalue weighted by Crippen LogP contribution is -2.04. The van der Waals surface area contributed by atoms with Gasteiger partial charge >= 0.3 is 0 Å². The standard InChI is InChI=1S/C14H13N3O2/c1-10-6-7-13(11(2)14(10)17(18)19)16-9-12-5-3-4-8-15-12/h3-8,15H,1-2H3. The molecule has 2 rings (SSSR count). The fourth-order valence-electron chi connectivity index (χ4n) is 1.81. The maximum absolute atomic E-state index is 11.0. The van der Waals surface area contributed by atoms with Crippen LogP contribution in [0.3, 0.4) is 0 Å². The SMILES string of the molecule is Cc1ccc(N=C=C2C=CC=CN2)c(C)c1[N+](=O)[O-]. The Balaban J connectivity index is 2.45. The quantitative estimate of drug-likeness (QED) is 0.501. The highest BCUT2D eigenvalue weighted by atomic mass is 16.6. The van der Waals surface area contributed by atoms with Gasteiger partial charge < -0.3 is 5.32 Å². The van der Waals surface area contributed by atoms with Crippen LogP contribution in [0.15, 0.2) is 47.3 Å². The van der Waals surface area contributed by atoms with Gasteiger partial charge in [0, 0.05) is 17.6 Å². The van der Waals surface area contributed by atoms with Crippen LogP contribution in [-0.2, 0) is 0 Å². The Labute approximate surface area is 110 Å². The van der Waals surface area contributed by atoms with Gasteiger partial charge in [0.1, 0.15) is 5.70 Å². The summed E-state index contributed by atoms with van der Waals surface area (Å²) in [7, 11) is 0. The van der Waals surface area contributed by atoms with Crippen LogP contribution in [0.5, 0.6) is 0 Å². The molecule has 0 aliphatic carbocycles. The monoisotopic (exact) mass is 255 g/mol. The minimum atomic E-state index is -0.377. The molecule has 1 aliphatic heterocycles. The van der Waals surface area contributed by atoms with Crippen molar-refractivity contribution >= 4 is 17.2 Å². The van der Waals surface area contributed by atoms with Gasteiger partial charge in [-0.2, -0.15) is 0 Å². The Bertz CT molecular complexity index is 651. The lowest BCUT2D eigenvalue weighted by Gasteiger charge is -2.04. The van der Waals surface area contributed by atoms with Gasteiger partial charge in [-0.15, -0.1) is 0 Å². The number of nitro benzene ring substituents is 1. The van der Waals surface area contributed by atoms with E-state index in [2.05, 4.69) is 16.2 Å². The number of hydrogen-bond acceptors (Lipinski definition) is 4. The van der Waals surface area contributed by atoms with Gasteiger partial charge in [0.2, 0.25) is 0 Å². The Morgan fingerprint density at radius 3 is 2.74 bits per heavy atom. The van der Waals surface area contributed by atoms with Crippen LogP contribution in [0.4, 0.5) is 11.4 Å². The molecule has 96 valence electrons. The fraction of sp³-hybridized carbons (Fsp3) is 0.143. The van der Waals surface area contributed by atoms with Crippen LogP contribution in [0.1, 0.15) is 11.1 Å². The minimum Gasteiger partial charge on any atom is -0.354 e. The lowest BCUT2D eigenvalue weighted by atomic mass is 10.1. The molecule has 1 aliphatic rings. The van der Waals surface area contributed by atoms with Gasteiger partial charge in [-0.05, 0) is 32.1 Å². The Morgan fingerprint density at radius 1 is 1.32 bits per heavy atom. The number of hydrogen-bond donors (Lipinski definition) is 1. The van der Waals surface area contributed by atoms with E-state index in [9.17, 15) is 10.1 Å². The summed E-state index contributed by atoms with van der Waals surface area (Å²) in [5.74, 6) is 2.83. The molecular formula is C14H13N3O2. The number of aryl methyl sites for hydroxylation is 1. The first-order chi connectivity index (χ1) is 9.09. The molecule has 0 fully saturated rings. The van der Waals surface area contributed by atoms with Crippen molar-refractivity contribution in [3.8, 4) is 0 Å². The van der Waals surface area contributed by atoms with Crippen LogP contribution >= 0.6 is 0 Å². The largest absolute Gasteiger partial charge is 0.354 e. The van der Waals surface area contributed by atoms with Crippen molar-refractivity contribution in [1.82, 2.24) is 5.32 Å². The van der Waals surface area contributed by atoms with Gasteiger partial charge in [0.25, 0.3) is 5.69 Å². The molecule has 19 heavy (non-hydrogen) atoms. The van der Waals surface area contributed by atoms with Crippen LogP contribution in [0, 0.1) is 24.0 Å². The van der Waals surface area contributed by atoms with E-state index < -0.39 is 0 Å². The fourth-order valence-corrected chi connectivity index (χ4v) is 1.81. The number of dihydropyridines is 1. The molecule has 0 amide bonds. The van der Waals surface area contributed by atoms with Gasteiger partial charge in [0.05, 0.1) is 16.2 Å². The van der Waals surface area contributed by atoms with Crippen LogP contribution < -0.4 is 5.32 Å². The van der Waals surface area contributed by atoms with Gasteiger partial charge in [-0.1, -0.05) is 12.1 Å². The second-order valence-corrected chi connectivity index (χ2v) is 4.13. The predicted octanol–water partition coefficient (Wildman–Crippen LogP) is 3.07. The van der Waals surface area contributed by atoms with Crippen LogP contribution in [-0.4, -0.2) is 10.8 Å². The molecule has 1 aromatic rings. The Hall–Kier alpha value is -2.65. The summed E-state index contributed by atoms with van der Waals surface area (Å²) >= 11 is 0. The van der Waals surface area contributed by atoms with Crippen molar-refractivity contribution < 1.29 is 4.92 Å². The summed E-state index contributed by atoms with van der Waals surface area (Å²) < 4.78 is 0. The molecule has 1 aromatic carbocycles. The maximum Gasteiger partial charge on any atom is 0.277 e. The summed E-state index contributed by atoms with van der Waals surface area (Å²) in [4.78, 5) is 14.8. The molecule has 0 saturated carbocycles. The zero-order chi connectivity index (χ0) is 13.8. The van der Waals surface area contributed by atoms with E-state index >= 15 is 0 Å². The third-order valence-electron chi connectivity index (χ3n) is 2.79. The molecule has 1 N–H and O–H groups in total. The third-order valence-corrected chi connectivity index (χ3v) is 2.79. The second kappa shape index (κ2) is 5.33. The minimum absolute atomic E-state index is 0.111. The van der Waals surface area contributed by atoms with Crippen molar-refractivity contribution in [2.45, 2.75) is 13.8 Å². The van der Waals surface area contributed by atoms with Crippen molar-refractivity contribution in [3.05, 3.63) is 63.5 Å². The summed E-state index contributed by atoms with van der Waals surface area (Å²) in [5.41, 5.74) is 2.56. The van der Waals surface area contributed by atoms with Crippen molar-refractivity contribution in [1.29, 1.82) is 0 Å². The number of nitro groups is 1. The summed E-state index contributed by atoms with van der Waals surface area (Å²) in [6.45, 7) is 3.41. The van der Waals surface area contributed by atoms with Crippen molar-refractivity contribution in [2.24, 2.45) is 4.99 Å². The van der Waals surface area contributed by atoms with E-state index in [0.717, 1.165) is 0 Å². The highest BCUT2D eigenvalue weighted by molar-refractivity contribution is 5.70. The first-order valence-corrected chi connectivity index (χ1v) is 5.77. The van der Waals surface area contributed by atoms with Gasteiger partial charge in [-0.25, -0.2) is 4.99 Å². The zero-order valence-corrected chi connectivity index (χ0v) is 10.7. The molecule has 0 radical (unpaired) electrons. The average molecular weight is 255 g/mol. The first-order valence-electron chi connectivity index (χ1n) is 5.77. The van der Waals surface area contributed by atoms with E-state index in [1.165, 1.54) is 0 Å². The third kappa shape index (κ3) is 2.78. The molecule has 0 spiro atoms. The second-order valence-electron chi connectivity index (χ2n) is 4.13. The average Bonchev–Trinajstić information content (AvgIpc) is 2.38. The summed E-state index contributed by atoms with van der Waals surface area (Å²) in [6.07, 6.45) is 7.30.